The van der Waals surface area contributed by atoms with Crippen LogP contribution < -0.4 is 10.6 Å². The molecule has 4 rings (SSSR count). The van der Waals surface area contributed by atoms with Crippen LogP contribution in [0.4, 0.5) is 11.4 Å². The first-order valence-corrected chi connectivity index (χ1v) is 9.16. The molecule has 4 aromatic rings. The maximum absolute atomic E-state index is 11.3. The van der Waals surface area contributed by atoms with Crippen molar-refractivity contribution in [3.63, 3.8) is 0 Å². The molecule has 0 saturated carbocycles. The van der Waals surface area contributed by atoms with Gasteiger partial charge < -0.3 is 10.6 Å². The van der Waals surface area contributed by atoms with Gasteiger partial charge in [0.25, 0.3) is 0 Å². The van der Waals surface area contributed by atoms with Crippen LogP contribution >= 0.6 is 11.6 Å². The maximum Gasteiger partial charge on any atom is 0.221 e. The van der Waals surface area contributed by atoms with Crippen molar-refractivity contribution >= 4 is 34.4 Å². The van der Waals surface area contributed by atoms with Crippen LogP contribution in [0.15, 0.2) is 67.1 Å². The molecule has 1 aromatic carbocycles. The van der Waals surface area contributed by atoms with Crippen molar-refractivity contribution in [2.45, 2.75) is 13.5 Å². The number of rotatable bonds is 5. The molecule has 3 aromatic heterocycles. The fraction of sp³-hybridized carbons (Fsp3) is 0.0952. The lowest BCUT2D eigenvalue weighted by Crippen LogP contribution is -2.06. The van der Waals surface area contributed by atoms with E-state index in [-0.39, 0.29) is 5.91 Å². The number of benzene rings is 1. The molecule has 28 heavy (non-hydrogen) atoms. The number of carbonyl (C=O) groups excluding carboxylic acids is 1. The summed E-state index contributed by atoms with van der Waals surface area (Å²) in [4.78, 5) is 15.5. The molecule has 3 heterocycles. The molecule has 2 N–H and O–H groups in total. The minimum Gasteiger partial charge on any atom is -0.379 e. The van der Waals surface area contributed by atoms with Crippen molar-refractivity contribution in [1.29, 1.82) is 0 Å². The zero-order valence-corrected chi connectivity index (χ0v) is 15.9. The van der Waals surface area contributed by atoms with Gasteiger partial charge in [0.1, 0.15) is 5.52 Å². The van der Waals surface area contributed by atoms with E-state index in [2.05, 4.69) is 32.8 Å². The predicted molar refractivity (Wildman–Crippen MR) is 112 cm³/mol. The number of aromatic nitrogens is 3. The first kappa shape index (κ1) is 18.0. The zero-order chi connectivity index (χ0) is 19.5. The molecule has 7 heteroatoms. The fourth-order valence-electron chi connectivity index (χ4n) is 3.00. The van der Waals surface area contributed by atoms with Gasteiger partial charge in [0.05, 0.1) is 28.3 Å². The van der Waals surface area contributed by atoms with Gasteiger partial charge in [-0.3, -0.25) is 9.78 Å². The van der Waals surface area contributed by atoms with Crippen LogP contribution in [0.3, 0.4) is 0 Å². The predicted octanol–water partition coefficient (Wildman–Crippen LogP) is 4.62. The molecule has 140 valence electrons. The van der Waals surface area contributed by atoms with Crippen molar-refractivity contribution in [3.8, 4) is 11.3 Å². The van der Waals surface area contributed by atoms with Crippen molar-refractivity contribution in [3.05, 3.63) is 77.7 Å². The molecule has 0 aliphatic carbocycles. The highest BCUT2D eigenvalue weighted by atomic mass is 35.5. The Morgan fingerprint density at radius 2 is 1.96 bits per heavy atom. The van der Waals surface area contributed by atoms with Gasteiger partial charge in [-0.2, -0.15) is 5.10 Å². The molecule has 0 fully saturated rings. The third kappa shape index (κ3) is 3.82. The van der Waals surface area contributed by atoms with Crippen molar-refractivity contribution in [2.24, 2.45) is 0 Å². The average Bonchev–Trinajstić information content (AvgIpc) is 3.08. The van der Waals surface area contributed by atoms with Crippen LogP contribution in [-0.4, -0.2) is 20.5 Å². The summed E-state index contributed by atoms with van der Waals surface area (Å²) >= 11 is 6.38. The third-order valence-corrected chi connectivity index (χ3v) is 4.55. The molecule has 0 unspecified atom stereocenters. The Bertz CT molecular complexity index is 1140. The molecule has 0 bridgehead atoms. The van der Waals surface area contributed by atoms with Crippen LogP contribution in [0.5, 0.6) is 0 Å². The number of amides is 1. The molecule has 0 radical (unpaired) electrons. The van der Waals surface area contributed by atoms with Gasteiger partial charge in [-0.1, -0.05) is 41.9 Å². The Kier molecular flexibility index (Phi) is 4.95. The Balaban J connectivity index is 1.73. The molecule has 0 aliphatic rings. The largest absolute Gasteiger partial charge is 0.379 e. The number of fused-ring (bicyclic) bond motifs is 1. The van der Waals surface area contributed by atoms with Gasteiger partial charge in [0.2, 0.25) is 5.91 Å². The highest BCUT2D eigenvalue weighted by Crippen LogP contribution is 2.30. The molecule has 0 saturated heterocycles. The van der Waals surface area contributed by atoms with Gasteiger partial charge in [-0.15, -0.1) is 0 Å². The van der Waals surface area contributed by atoms with E-state index >= 15 is 0 Å². The van der Waals surface area contributed by atoms with E-state index in [0.717, 1.165) is 28.0 Å². The Morgan fingerprint density at radius 3 is 2.75 bits per heavy atom. The summed E-state index contributed by atoms with van der Waals surface area (Å²) in [7, 11) is 0. The van der Waals surface area contributed by atoms with E-state index in [4.69, 9.17) is 11.6 Å². The quantitative estimate of drug-likeness (QED) is 0.520. The van der Waals surface area contributed by atoms with Crippen molar-refractivity contribution in [2.75, 3.05) is 10.6 Å². The van der Waals surface area contributed by atoms with Gasteiger partial charge in [0.15, 0.2) is 0 Å². The minimum absolute atomic E-state index is 0.148. The monoisotopic (exact) mass is 391 g/mol. The topological polar surface area (TPSA) is 71.3 Å². The van der Waals surface area contributed by atoms with Crippen molar-refractivity contribution in [1.82, 2.24) is 14.6 Å². The highest BCUT2D eigenvalue weighted by molar-refractivity contribution is 6.34. The van der Waals surface area contributed by atoms with E-state index in [1.165, 1.54) is 6.92 Å². The van der Waals surface area contributed by atoms with E-state index in [1.54, 1.807) is 16.9 Å². The third-order valence-electron chi connectivity index (χ3n) is 4.25. The summed E-state index contributed by atoms with van der Waals surface area (Å²) in [5.74, 6) is -0.148. The number of nitrogens with one attached hydrogen (secondary N) is 2. The summed E-state index contributed by atoms with van der Waals surface area (Å²) in [5, 5.41) is 11.5. The Hall–Kier alpha value is -3.38. The Morgan fingerprint density at radius 1 is 1.14 bits per heavy atom. The van der Waals surface area contributed by atoms with Crippen LogP contribution in [0.2, 0.25) is 5.02 Å². The molecule has 0 atom stereocenters. The molecule has 0 aliphatic heterocycles. The average molecular weight is 392 g/mol. The lowest BCUT2D eigenvalue weighted by Gasteiger charge is -2.12. The minimum atomic E-state index is -0.148. The second kappa shape index (κ2) is 7.70. The summed E-state index contributed by atoms with van der Waals surface area (Å²) in [6.45, 7) is 2.12. The number of hydrogen-bond acceptors (Lipinski definition) is 4. The number of pyridine rings is 1. The maximum atomic E-state index is 11.3. The second-order valence-electron chi connectivity index (χ2n) is 6.38. The lowest BCUT2D eigenvalue weighted by molar-refractivity contribution is -0.114. The van der Waals surface area contributed by atoms with Crippen LogP contribution in [0.1, 0.15) is 12.5 Å². The second-order valence-corrected chi connectivity index (χ2v) is 6.79. The highest BCUT2D eigenvalue weighted by Gasteiger charge is 2.12. The molecular weight excluding hydrogens is 374 g/mol. The van der Waals surface area contributed by atoms with Gasteiger partial charge >= 0.3 is 0 Å². The van der Waals surface area contributed by atoms with Gasteiger partial charge in [-0.05, 0) is 23.8 Å². The Labute approximate surface area is 167 Å². The van der Waals surface area contributed by atoms with E-state index in [1.807, 2.05) is 42.6 Å². The van der Waals surface area contributed by atoms with Gasteiger partial charge in [-0.25, -0.2) is 4.52 Å². The normalized spacial score (nSPS) is 10.8. The van der Waals surface area contributed by atoms with Gasteiger partial charge in [0, 0.05) is 31.4 Å². The summed E-state index contributed by atoms with van der Waals surface area (Å²) in [5.41, 5.74) is 4.98. The van der Waals surface area contributed by atoms with Crippen LogP contribution in [0.25, 0.3) is 16.8 Å². The standard InChI is InChI=1S/C21H18ClN5O/c1-14(28)25-17-9-16(12-23-13-17)19-10-20(21-18(22)7-8-27(21)26-19)24-11-15-5-3-2-4-6-15/h2-10,12-13,24H,11H2,1H3,(H,25,28). The molecule has 1 amide bonds. The van der Waals surface area contributed by atoms with E-state index in [9.17, 15) is 4.79 Å². The lowest BCUT2D eigenvalue weighted by atomic mass is 10.1. The van der Waals surface area contributed by atoms with E-state index < -0.39 is 0 Å². The summed E-state index contributed by atoms with van der Waals surface area (Å²) < 4.78 is 1.75. The number of nitrogens with zero attached hydrogens (tertiary/aromatic N) is 3. The molecule has 0 spiro atoms. The fourth-order valence-corrected chi connectivity index (χ4v) is 3.25. The summed E-state index contributed by atoms with van der Waals surface area (Å²) in [6.07, 6.45) is 5.13. The number of hydrogen-bond donors (Lipinski definition) is 2. The van der Waals surface area contributed by atoms with Crippen LogP contribution in [0, 0.1) is 0 Å². The zero-order valence-electron chi connectivity index (χ0n) is 15.2. The summed E-state index contributed by atoms with van der Waals surface area (Å²) in [6, 6.07) is 15.7. The SMILES string of the molecule is CC(=O)Nc1cncc(-c2cc(NCc3ccccc3)c3c(Cl)ccn3n2)c1. The first-order valence-electron chi connectivity index (χ1n) is 8.79. The smallest absolute Gasteiger partial charge is 0.221 e. The van der Waals surface area contributed by atoms with Crippen molar-refractivity contribution < 1.29 is 4.79 Å². The van der Waals surface area contributed by atoms with Crippen LogP contribution in [-0.2, 0) is 11.3 Å². The number of carbonyl (C=O) groups is 1. The first-order chi connectivity index (χ1) is 13.6. The molecular formula is C21H18ClN5O. The number of halogens is 1. The molecule has 6 nitrogen and oxygen atoms in total. The number of anilines is 2. The van der Waals surface area contributed by atoms with E-state index in [0.29, 0.717) is 17.3 Å².